The van der Waals surface area contributed by atoms with Crippen LogP contribution in [0, 0.1) is 5.82 Å². The van der Waals surface area contributed by atoms with Crippen LogP contribution in [0.3, 0.4) is 0 Å². The second kappa shape index (κ2) is 6.70. The fourth-order valence-electron chi connectivity index (χ4n) is 1.86. The minimum atomic E-state index is -0.657. The fraction of sp³-hybridized carbons (Fsp3) is 0.188. The molecule has 2 rings (SSSR count). The summed E-state index contributed by atoms with van der Waals surface area (Å²) < 4.78 is 18.5. The molecule has 0 saturated heterocycles. The van der Waals surface area contributed by atoms with Gasteiger partial charge >= 0.3 is 5.97 Å². The van der Waals surface area contributed by atoms with Gasteiger partial charge in [-0.1, -0.05) is 30.3 Å². The highest BCUT2D eigenvalue weighted by molar-refractivity contribution is 5.90. The number of aryl methyl sites for hydroxylation is 1. The van der Waals surface area contributed by atoms with Gasteiger partial charge in [-0.2, -0.15) is 0 Å². The van der Waals surface area contributed by atoms with Gasteiger partial charge in [0.15, 0.2) is 0 Å². The van der Waals surface area contributed by atoms with Crippen molar-refractivity contribution < 1.29 is 13.9 Å². The lowest BCUT2D eigenvalue weighted by molar-refractivity contribution is 0.0495. The fourth-order valence-corrected chi connectivity index (χ4v) is 1.86. The Morgan fingerprint density at radius 3 is 2.60 bits per heavy atom. The third-order valence-electron chi connectivity index (χ3n) is 2.90. The molecule has 0 spiro atoms. The zero-order chi connectivity index (χ0) is 14.4. The Hall–Kier alpha value is -2.36. The highest BCUT2D eigenvalue weighted by Crippen LogP contribution is 2.13. The molecule has 104 valence electrons. The molecule has 0 radical (unpaired) electrons. The van der Waals surface area contributed by atoms with Gasteiger partial charge in [-0.15, -0.1) is 0 Å². The van der Waals surface area contributed by atoms with Crippen LogP contribution < -0.4 is 5.73 Å². The second-order valence-electron chi connectivity index (χ2n) is 4.46. The number of ether oxygens (including phenoxy) is 1. The average molecular weight is 273 g/mol. The van der Waals surface area contributed by atoms with Crippen LogP contribution in [-0.2, 0) is 11.2 Å². The van der Waals surface area contributed by atoms with Crippen LogP contribution in [0.5, 0.6) is 0 Å². The first kappa shape index (κ1) is 14.1. The molecular weight excluding hydrogens is 257 g/mol. The van der Waals surface area contributed by atoms with E-state index in [0.717, 1.165) is 12.5 Å². The molecule has 4 heteroatoms. The maximum Gasteiger partial charge on any atom is 0.341 e. The number of esters is 1. The summed E-state index contributed by atoms with van der Waals surface area (Å²) in [5.41, 5.74) is 6.80. The van der Waals surface area contributed by atoms with Crippen LogP contribution in [0.1, 0.15) is 22.3 Å². The van der Waals surface area contributed by atoms with Crippen LogP contribution in [0.25, 0.3) is 0 Å². The Kier molecular flexibility index (Phi) is 4.71. The topological polar surface area (TPSA) is 52.3 Å². The van der Waals surface area contributed by atoms with Crippen molar-refractivity contribution >= 4 is 11.7 Å². The summed E-state index contributed by atoms with van der Waals surface area (Å²) in [6, 6.07) is 13.8. The molecule has 2 aromatic rings. The Labute approximate surface area is 117 Å². The summed E-state index contributed by atoms with van der Waals surface area (Å²) in [7, 11) is 0. The third kappa shape index (κ3) is 3.82. The Morgan fingerprint density at radius 2 is 1.90 bits per heavy atom. The maximum absolute atomic E-state index is 13.5. The molecule has 0 heterocycles. The van der Waals surface area contributed by atoms with Gasteiger partial charge in [0.25, 0.3) is 0 Å². The van der Waals surface area contributed by atoms with E-state index >= 15 is 0 Å². The van der Waals surface area contributed by atoms with Crippen molar-refractivity contribution in [3.8, 4) is 0 Å². The number of rotatable bonds is 5. The number of carbonyl (C=O) groups excluding carboxylic acids is 1. The van der Waals surface area contributed by atoms with Gasteiger partial charge < -0.3 is 10.5 Å². The minimum Gasteiger partial charge on any atom is -0.462 e. The third-order valence-corrected chi connectivity index (χ3v) is 2.90. The van der Waals surface area contributed by atoms with Gasteiger partial charge in [0.2, 0.25) is 0 Å². The lowest BCUT2D eigenvalue weighted by Crippen LogP contribution is -2.09. The molecule has 0 bridgehead atoms. The summed E-state index contributed by atoms with van der Waals surface area (Å²) >= 11 is 0. The van der Waals surface area contributed by atoms with Crippen molar-refractivity contribution in [2.45, 2.75) is 12.8 Å². The van der Waals surface area contributed by atoms with Gasteiger partial charge in [-0.25, -0.2) is 9.18 Å². The van der Waals surface area contributed by atoms with Crippen molar-refractivity contribution in [2.75, 3.05) is 12.3 Å². The first-order valence-electron chi connectivity index (χ1n) is 6.43. The molecule has 0 unspecified atom stereocenters. The molecular formula is C16H16FNO2. The van der Waals surface area contributed by atoms with Crippen LogP contribution in [0.2, 0.25) is 0 Å². The van der Waals surface area contributed by atoms with Gasteiger partial charge in [0, 0.05) is 5.69 Å². The van der Waals surface area contributed by atoms with E-state index in [9.17, 15) is 9.18 Å². The SMILES string of the molecule is Nc1ccc(C(=O)OCCCc2ccccc2)c(F)c1. The summed E-state index contributed by atoms with van der Waals surface area (Å²) in [5, 5.41) is 0. The van der Waals surface area contributed by atoms with E-state index < -0.39 is 11.8 Å². The molecule has 0 aliphatic rings. The highest BCUT2D eigenvalue weighted by Gasteiger charge is 2.12. The highest BCUT2D eigenvalue weighted by atomic mass is 19.1. The maximum atomic E-state index is 13.5. The summed E-state index contributed by atoms with van der Waals surface area (Å²) in [5.74, 6) is -1.31. The Balaban J connectivity index is 1.80. The molecule has 0 saturated carbocycles. The Morgan fingerprint density at radius 1 is 1.15 bits per heavy atom. The molecule has 0 aliphatic heterocycles. The first-order valence-corrected chi connectivity index (χ1v) is 6.43. The van der Waals surface area contributed by atoms with Crippen molar-refractivity contribution in [3.63, 3.8) is 0 Å². The standard InChI is InChI=1S/C16H16FNO2/c17-15-11-13(18)8-9-14(15)16(19)20-10-4-7-12-5-2-1-3-6-12/h1-3,5-6,8-9,11H,4,7,10,18H2. The predicted octanol–water partition coefficient (Wildman–Crippen LogP) is 3.20. The summed E-state index contributed by atoms with van der Waals surface area (Å²) in [6.07, 6.45) is 1.52. The van der Waals surface area contributed by atoms with Crippen molar-refractivity contribution in [3.05, 3.63) is 65.5 Å². The Bertz CT molecular complexity index is 584. The van der Waals surface area contributed by atoms with E-state index in [1.807, 2.05) is 30.3 Å². The average Bonchev–Trinajstić information content (AvgIpc) is 2.44. The van der Waals surface area contributed by atoms with Crippen LogP contribution in [-0.4, -0.2) is 12.6 Å². The van der Waals surface area contributed by atoms with E-state index in [0.29, 0.717) is 6.42 Å². The lowest BCUT2D eigenvalue weighted by Gasteiger charge is -2.06. The van der Waals surface area contributed by atoms with Gasteiger partial charge in [-0.05, 0) is 36.6 Å². The number of benzene rings is 2. The molecule has 0 amide bonds. The summed E-state index contributed by atoms with van der Waals surface area (Å²) in [4.78, 5) is 11.7. The molecule has 20 heavy (non-hydrogen) atoms. The van der Waals surface area contributed by atoms with Crippen LogP contribution in [0.15, 0.2) is 48.5 Å². The number of halogens is 1. The van der Waals surface area contributed by atoms with Crippen molar-refractivity contribution in [2.24, 2.45) is 0 Å². The largest absolute Gasteiger partial charge is 0.462 e. The molecule has 0 fully saturated rings. The normalized spacial score (nSPS) is 10.2. The van der Waals surface area contributed by atoms with Gasteiger partial charge in [0.05, 0.1) is 12.2 Å². The van der Waals surface area contributed by atoms with E-state index in [-0.39, 0.29) is 17.9 Å². The first-order chi connectivity index (χ1) is 9.66. The second-order valence-corrected chi connectivity index (χ2v) is 4.46. The molecule has 0 aromatic heterocycles. The minimum absolute atomic E-state index is 0.0843. The number of hydrogen-bond acceptors (Lipinski definition) is 3. The quantitative estimate of drug-likeness (QED) is 0.517. The zero-order valence-corrected chi connectivity index (χ0v) is 11.0. The monoisotopic (exact) mass is 273 g/mol. The number of nitrogens with two attached hydrogens (primary N) is 1. The number of carbonyl (C=O) groups is 1. The van der Waals surface area contributed by atoms with E-state index in [2.05, 4.69) is 0 Å². The van der Waals surface area contributed by atoms with E-state index in [1.54, 1.807) is 0 Å². The van der Waals surface area contributed by atoms with Crippen LogP contribution in [0.4, 0.5) is 10.1 Å². The molecule has 3 nitrogen and oxygen atoms in total. The molecule has 0 aliphatic carbocycles. The zero-order valence-electron chi connectivity index (χ0n) is 11.0. The summed E-state index contributed by atoms with van der Waals surface area (Å²) in [6.45, 7) is 0.261. The lowest BCUT2D eigenvalue weighted by atomic mass is 10.1. The van der Waals surface area contributed by atoms with Gasteiger partial charge in [-0.3, -0.25) is 0 Å². The van der Waals surface area contributed by atoms with Crippen molar-refractivity contribution in [1.29, 1.82) is 0 Å². The molecule has 2 N–H and O–H groups in total. The number of hydrogen-bond donors (Lipinski definition) is 1. The van der Waals surface area contributed by atoms with E-state index in [1.165, 1.54) is 17.7 Å². The number of anilines is 1. The van der Waals surface area contributed by atoms with E-state index in [4.69, 9.17) is 10.5 Å². The predicted molar refractivity (Wildman–Crippen MR) is 75.9 cm³/mol. The van der Waals surface area contributed by atoms with Gasteiger partial charge in [0.1, 0.15) is 5.82 Å². The molecule has 2 aromatic carbocycles. The smallest absolute Gasteiger partial charge is 0.341 e. The van der Waals surface area contributed by atoms with Crippen LogP contribution >= 0.6 is 0 Å². The van der Waals surface area contributed by atoms with Crippen molar-refractivity contribution in [1.82, 2.24) is 0 Å². The number of nitrogen functional groups attached to an aromatic ring is 1. The molecule has 0 atom stereocenters.